The molecular weight excluding hydrogens is 246 g/mol. The van der Waals surface area contributed by atoms with Crippen LogP contribution in [0.3, 0.4) is 0 Å². The Labute approximate surface area is 123 Å². The van der Waals surface area contributed by atoms with Gasteiger partial charge in [-0.2, -0.15) is 5.26 Å². The predicted molar refractivity (Wildman–Crippen MR) is 84.4 cm³/mol. The van der Waals surface area contributed by atoms with Crippen LogP contribution in [0.1, 0.15) is 38.3 Å². The quantitative estimate of drug-likeness (QED) is 0.790. The van der Waals surface area contributed by atoms with E-state index in [1.807, 2.05) is 6.07 Å². The van der Waals surface area contributed by atoms with Crippen LogP contribution in [-0.2, 0) is 0 Å². The molecule has 1 N–H and O–H groups in total. The first kappa shape index (κ1) is 16.7. The fourth-order valence-corrected chi connectivity index (χ4v) is 2.22. The third-order valence-electron chi connectivity index (χ3n) is 3.49. The minimum Gasteiger partial charge on any atom is -0.308 e. The molecule has 1 aromatic carbocycles. The SMILES string of the molecule is CN(C)CC(NCC(C)(C)CCC#N)c1ccccc1. The first-order chi connectivity index (χ1) is 9.44. The van der Waals surface area contributed by atoms with E-state index >= 15 is 0 Å². The Bertz CT molecular complexity index is 418. The van der Waals surface area contributed by atoms with Gasteiger partial charge in [-0.1, -0.05) is 44.2 Å². The lowest BCUT2D eigenvalue weighted by molar-refractivity contribution is 0.273. The highest BCUT2D eigenvalue weighted by molar-refractivity contribution is 5.19. The van der Waals surface area contributed by atoms with Crippen molar-refractivity contribution in [3.05, 3.63) is 35.9 Å². The molecule has 1 unspecified atom stereocenters. The molecule has 0 saturated carbocycles. The summed E-state index contributed by atoms with van der Waals surface area (Å²) in [6.45, 7) is 6.32. The van der Waals surface area contributed by atoms with E-state index in [0.717, 1.165) is 19.5 Å². The van der Waals surface area contributed by atoms with E-state index in [0.29, 0.717) is 12.5 Å². The molecule has 0 saturated heterocycles. The van der Waals surface area contributed by atoms with Gasteiger partial charge in [-0.15, -0.1) is 0 Å². The molecular formula is C17H27N3. The fraction of sp³-hybridized carbons (Fsp3) is 0.588. The number of benzene rings is 1. The molecule has 0 radical (unpaired) electrons. The zero-order chi connectivity index (χ0) is 15.0. The molecule has 0 aliphatic heterocycles. The molecule has 3 heteroatoms. The summed E-state index contributed by atoms with van der Waals surface area (Å²) in [4.78, 5) is 2.20. The summed E-state index contributed by atoms with van der Waals surface area (Å²) in [5.41, 5.74) is 1.46. The van der Waals surface area contributed by atoms with Crippen LogP contribution in [0.5, 0.6) is 0 Å². The molecule has 0 fully saturated rings. The summed E-state index contributed by atoms with van der Waals surface area (Å²) in [5, 5.41) is 12.4. The first-order valence-corrected chi connectivity index (χ1v) is 7.24. The summed E-state index contributed by atoms with van der Waals surface area (Å²) in [6, 6.07) is 13.1. The molecule has 0 aliphatic rings. The number of hydrogen-bond donors (Lipinski definition) is 1. The predicted octanol–water partition coefficient (Wildman–Crippen LogP) is 3.21. The maximum absolute atomic E-state index is 8.73. The second-order valence-corrected chi connectivity index (χ2v) is 6.43. The third kappa shape index (κ3) is 6.18. The molecule has 0 amide bonds. The van der Waals surface area contributed by atoms with E-state index in [2.05, 4.69) is 68.5 Å². The van der Waals surface area contributed by atoms with Crippen LogP contribution in [0, 0.1) is 16.7 Å². The second kappa shape index (κ2) is 8.04. The highest BCUT2D eigenvalue weighted by Gasteiger charge is 2.20. The largest absolute Gasteiger partial charge is 0.308 e. The minimum atomic E-state index is 0.148. The number of hydrogen-bond acceptors (Lipinski definition) is 3. The highest BCUT2D eigenvalue weighted by Crippen LogP contribution is 2.23. The fourth-order valence-electron chi connectivity index (χ4n) is 2.22. The summed E-state index contributed by atoms with van der Waals surface area (Å²) in [7, 11) is 4.19. The maximum Gasteiger partial charge on any atom is 0.0621 e. The van der Waals surface area contributed by atoms with E-state index in [1.54, 1.807) is 0 Å². The summed E-state index contributed by atoms with van der Waals surface area (Å²) in [5.74, 6) is 0. The van der Waals surface area contributed by atoms with Gasteiger partial charge in [-0.25, -0.2) is 0 Å². The standard InChI is InChI=1S/C17H27N3/c1-17(2,11-8-12-18)14-19-16(13-20(3)4)15-9-6-5-7-10-15/h5-7,9-10,16,19H,8,11,13-14H2,1-4H3. The number of nitrogens with zero attached hydrogens (tertiary/aromatic N) is 2. The van der Waals surface area contributed by atoms with Crippen LogP contribution in [0.15, 0.2) is 30.3 Å². The Morgan fingerprint density at radius 1 is 1.25 bits per heavy atom. The van der Waals surface area contributed by atoms with Crippen molar-refractivity contribution in [3.63, 3.8) is 0 Å². The van der Waals surface area contributed by atoms with Gasteiger partial charge in [0.05, 0.1) is 6.07 Å². The average molecular weight is 273 g/mol. The monoisotopic (exact) mass is 273 g/mol. The maximum atomic E-state index is 8.73. The van der Waals surface area contributed by atoms with Gasteiger partial charge in [-0.05, 0) is 31.5 Å². The van der Waals surface area contributed by atoms with Crippen molar-refractivity contribution in [1.29, 1.82) is 5.26 Å². The Kier molecular flexibility index (Phi) is 6.70. The van der Waals surface area contributed by atoms with E-state index in [9.17, 15) is 0 Å². The lowest BCUT2D eigenvalue weighted by Gasteiger charge is -2.29. The minimum absolute atomic E-state index is 0.148. The Morgan fingerprint density at radius 3 is 2.45 bits per heavy atom. The molecule has 0 spiro atoms. The Hall–Kier alpha value is -1.37. The first-order valence-electron chi connectivity index (χ1n) is 7.24. The normalized spacial score (nSPS) is 13.2. The number of rotatable bonds is 8. The molecule has 0 aromatic heterocycles. The molecule has 3 nitrogen and oxygen atoms in total. The highest BCUT2D eigenvalue weighted by atomic mass is 15.1. The van der Waals surface area contributed by atoms with Gasteiger partial charge >= 0.3 is 0 Å². The van der Waals surface area contributed by atoms with Crippen LogP contribution in [0.4, 0.5) is 0 Å². The van der Waals surface area contributed by atoms with Crippen molar-refractivity contribution in [1.82, 2.24) is 10.2 Å². The molecule has 1 rings (SSSR count). The molecule has 20 heavy (non-hydrogen) atoms. The van der Waals surface area contributed by atoms with Crippen molar-refractivity contribution < 1.29 is 0 Å². The van der Waals surface area contributed by atoms with E-state index in [-0.39, 0.29) is 5.41 Å². The van der Waals surface area contributed by atoms with Gasteiger partial charge in [0.15, 0.2) is 0 Å². The topological polar surface area (TPSA) is 39.1 Å². The van der Waals surface area contributed by atoms with Crippen molar-refractivity contribution in [2.45, 2.75) is 32.7 Å². The summed E-state index contributed by atoms with van der Waals surface area (Å²) < 4.78 is 0. The van der Waals surface area contributed by atoms with Gasteiger partial charge in [0.25, 0.3) is 0 Å². The summed E-state index contributed by atoms with van der Waals surface area (Å²) in [6.07, 6.45) is 1.55. The van der Waals surface area contributed by atoms with Gasteiger partial charge in [0.1, 0.15) is 0 Å². The van der Waals surface area contributed by atoms with Crippen molar-refractivity contribution in [2.75, 3.05) is 27.2 Å². The molecule has 0 heterocycles. The number of likely N-dealkylation sites (N-methyl/N-ethyl adjacent to an activating group) is 1. The van der Waals surface area contributed by atoms with E-state index < -0.39 is 0 Å². The van der Waals surface area contributed by atoms with Crippen LogP contribution < -0.4 is 5.32 Å². The van der Waals surface area contributed by atoms with Gasteiger partial charge < -0.3 is 10.2 Å². The summed E-state index contributed by atoms with van der Waals surface area (Å²) >= 11 is 0. The van der Waals surface area contributed by atoms with Crippen LogP contribution in [0.25, 0.3) is 0 Å². The molecule has 1 atom stereocenters. The lowest BCUT2D eigenvalue weighted by atomic mass is 9.87. The molecule has 1 aromatic rings. The number of nitrogens with one attached hydrogen (secondary N) is 1. The smallest absolute Gasteiger partial charge is 0.0621 e. The van der Waals surface area contributed by atoms with Gasteiger partial charge in [0, 0.05) is 25.6 Å². The average Bonchev–Trinajstić information content (AvgIpc) is 2.42. The van der Waals surface area contributed by atoms with Crippen molar-refractivity contribution in [2.24, 2.45) is 5.41 Å². The zero-order valence-electron chi connectivity index (χ0n) is 13.2. The van der Waals surface area contributed by atoms with E-state index in [1.165, 1.54) is 5.56 Å². The molecule has 110 valence electrons. The van der Waals surface area contributed by atoms with Crippen LogP contribution in [-0.4, -0.2) is 32.1 Å². The third-order valence-corrected chi connectivity index (χ3v) is 3.49. The van der Waals surface area contributed by atoms with Gasteiger partial charge in [-0.3, -0.25) is 0 Å². The molecule has 0 bridgehead atoms. The lowest BCUT2D eigenvalue weighted by Crippen LogP contribution is -2.37. The number of nitriles is 1. The van der Waals surface area contributed by atoms with Crippen molar-refractivity contribution in [3.8, 4) is 6.07 Å². The van der Waals surface area contributed by atoms with Crippen LogP contribution >= 0.6 is 0 Å². The zero-order valence-corrected chi connectivity index (χ0v) is 13.2. The Morgan fingerprint density at radius 2 is 1.90 bits per heavy atom. The second-order valence-electron chi connectivity index (χ2n) is 6.43. The van der Waals surface area contributed by atoms with Crippen LogP contribution in [0.2, 0.25) is 0 Å². The Balaban J connectivity index is 2.65. The molecule has 0 aliphatic carbocycles. The van der Waals surface area contributed by atoms with Gasteiger partial charge in [0.2, 0.25) is 0 Å². The van der Waals surface area contributed by atoms with Crippen molar-refractivity contribution >= 4 is 0 Å². The van der Waals surface area contributed by atoms with E-state index in [4.69, 9.17) is 5.26 Å².